The molecule has 0 aromatic rings. The van der Waals surface area contributed by atoms with Crippen LogP contribution >= 0.6 is 11.8 Å². The van der Waals surface area contributed by atoms with Gasteiger partial charge in [-0.1, -0.05) is 26.7 Å². The highest BCUT2D eigenvalue weighted by molar-refractivity contribution is 7.99. The highest BCUT2D eigenvalue weighted by Crippen LogP contribution is 2.15. The second-order valence-electron chi connectivity index (χ2n) is 4.67. The van der Waals surface area contributed by atoms with E-state index in [1.54, 1.807) is 0 Å². The molecule has 0 amide bonds. The third-order valence-electron chi connectivity index (χ3n) is 2.86. The van der Waals surface area contributed by atoms with Gasteiger partial charge in [0.2, 0.25) is 0 Å². The van der Waals surface area contributed by atoms with Crippen LogP contribution < -0.4 is 5.32 Å². The largest absolute Gasteiger partial charge is 0.394 e. The summed E-state index contributed by atoms with van der Waals surface area (Å²) in [6.45, 7) is 7.61. The van der Waals surface area contributed by atoms with Crippen LogP contribution in [-0.4, -0.2) is 35.3 Å². The van der Waals surface area contributed by atoms with Gasteiger partial charge in [-0.15, -0.1) is 0 Å². The van der Waals surface area contributed by atoms with Crippen molar-refractivity contribution in [3.05, 3.63) is 0 Å². The van der Waals surface area contributed by atoms with Crippen molar-refractivity contribution >= 4 is 11.8 Å². The Bertz CT molecular complexity index is 155. The molecule has 98 valence electrons. The van der Waals surface area contributed by atoms with Gasteiger partial charge in [-0.05, 0) is 44.2 Å². The molecular formula is C13H29NOS. The monoisotopic (exact) mass is 247 g/mol. The van der Waals surface area contributed by atoms with E-state index in [9.17, 15) is 5.11 Å². The van der Waals surface area contributed by atoms with Gasteiger partial charge in [0.05, 0.1) is 6.61 Å². The van der Waals surface area contributed by atoms with E-state index >= 15 is 0 Å². The summed E-state index contributed by atoms with van der Waals surface area (Å²) >= 11 is 2.05. The molecule has 0 aliphatic carbocycles. The van der Waals surface area contributed by atoms with E-state index in [1.807, 2.05) is 0 Å². The molecule has 0 radical (unpaired) electrons. The normalized spacial score (nSPS) is 15.0. The summed E-state index contributed by atoms with van der Waals surface area (Å²) in [5.41, 5.74) is -0.0707. The molecule has 0 aromatic heterocycles. The van der Waals surface area contributed by atoms with Crippen molar-refractivity contribution in [1.82, 2.24) is 5.32 Å². The fourth-order valence-electron chi connectivity index (χ4n) is 1.77. The Balaban J connectivity index is 3.41. The summed E-state index contributed by atoms with van der Waals surface area (Å²) in [4.78, 5) is 0. The van der Waals surface area contributed by atoms with E-state index < -0.39 is 0 Å². The van der Waals surface area contributed by atoms with Crippen LogP contribution in [0.4, 0.5) is 0 Å². The van der Waals surface area contributed by atoms with Gasteiger partial charge in [-0.2, -0.15) is 11.8 Å². The summed E-state index contributed by atoms with van der Waals surface area (Å²) in [5.74, 6) is 2.52. The van der Waals surface area contributed by atoms with Crippen LogP contribution in [0.1, 0.15) is 52.9 Å². The number of aliphatic hydroxyl groups is 1. The molecule has 2 nitrogen and oxygen atoms in total. The number of likely N-dealkylation sites (N-methyl/N-ethyl adjacent to an activating group) is 1. The standard InChI is InChI=1S/C13H29NOS/c1-4-6-7-10-16-11-8-9-13(3,12-15)14-5-2/h14-15H,4-12H2,1-3H3. The molecule has 0 aliphatic heterocycles. The maximum atomic E-state index is 9.32. The first-order chi connectivity index (χ1) is 7.68. The van der Waals surface area contributed by atoms with Crippen LogP contribution in [0.25, 0.3) is 0 Å². The Kier molecular flexibility index (Phi) is 10.6. The van der Waals surface area contributed by atoms with E-state index in [0.717, 1.165) is 13.0 Å². The van der Waals surface area contributed by atoms with Gasteiger partial charge in [0.1, 0.15) is 0 Å². The lowest BCUT2D eigenvalue weighted by Gasteiger charge is -2.28. The Morgan fingerprint density at radius 1 is 1.12 bits per heavy atom. The lowest BCUT2D eigenvalue weighted by atomic mass is 9.97. The van der Waals surface area contributed by atoms with Crippen molar-refractivity contribution < 1.29 is 5.11 Å². The highest BCUT2D eigenvalue weighted by atomic mass is 32.2. The summed E-state index contributed by atoms with van der Waals surface area (Å²) < 4.78 is 0. The Morgan fingerprint density at radius 2 is 1.81 bits per heavy atom. The van der Waals surface area contributed by atoms with E-state index in [0.29, 0.717) is 0 Å². The Morgan fingerprint density at radius 3 is 2.38 bits per heavy atom. The zero-order chi connectivity index (χ0) is 12.3. The highest BCUT2D eigenvalue weighted by Gasteiger charge is 2.20. The van der Waals surface area contributed by atoms with Gasteiger partial charge in [0, 0.05) is 5.54 Å². The molecule has 1 atom stereocenters. The number of thioether (sulfide) groups is 1. The number of aliphatic hydroxyl groups excluding tert-OH is 1. The maximum absolute atomic E-state index is 9.32. The third-order valence-corrected chi connectivity index (χ3v) is 4.02. The molecule has 0 saturated carbocycles. The first kappa shape index (κ1) is 16.3. The molecule has 0 aromatic carbocycles. The van der Waals surface area contributed by atoms with Gasteiger partial charge in [0.15, 0.2) is 0 Å². The van der Waals surface area contributed by atoms with Gasteiger partial charge >= 0.3 is 0 Å². The van der Waals surface area contributed by atoms with Crippen LogP contribution in [0, 0.1) is 0 Å². The van der Waals surface area contributed by atoms with Crippen LogP contribution in [0.3, 0.4) is 0 Å². The second-order valence-corrected chi connectivity index (χ2v) is 5.90. The minimum Gasteiger partial charge on any atom is -0.394 e. The zero-order valence-electron chi connectivity index (χ0n) is 11.2. The number of rotatable bonds is 11. The molecule has 3 heteroatoms. The molecule has 2 N–H and O–H groups in total. The summed E-state index contributed by atoms with van der Waals surface area (Å²) in [5, 5.41) is 12.7. The van der Waals surface area contributed by atoms with Crippen molar-refractivity contribution in [2.24, 2.45) is 0 Å². The maximum Gasteiger partial charge on any atom is 0.0610 e. The first-order valence-electron chi connectivity index (χ1n) is 6.62. The van der Waals surface area contributed by atoms with E-state index in [-0.39, 0.29) is 12.1 Å². The van der Waals surface area contributed by atoms with E-state index in [2.05, 4.69) is 37.8 Å². The topological polar surface area (TPSA) is 32.3 Å². The molecule has 0 spiro atoms. The van der Waals surface area contributed by atoms with Gasteiger partial charge < -0.3 is 10.4 Å². The lowest BCUT2D eigenvalue weighted by Crippen LogP contribution is -2.45. The summed E-state index contributed by atoms with van der Waals surface area (Å²) in [7, 11) is 0. The van der Waals surface area contributed by atoms with Crippen molar-refractivity contribution in [2.45, 2.75) is 58.4 Å². The van der Waals surface area contributed by atoms with Gasteiger partial charge in [-0.3, -0.25) is 0 Å². The fraction of sp³-hybridized carbons (Fsp3) is 1.00. The van der Waals surface area contributed by atoms with Crippen LogP contribution in [-0.2, 0) is 0 Å². The number of unbranched alkanes of at least 4 members (excludes halogenated alkanes) is 2. The average Bonchev–Trinajstić information content (AvgIpc) is 2.28. The molecule has 0 fully saturated rings. The molecule has 0 saturated heterocycles. The van der Waals surface area contributed by atoms with Crippen LogP contribution in [0.2, 0.25) is 0 Å². The first-order valence-corrected chi connectivity index (χ1v) is 7.77. The number of nitrogens with one attached hydrogen (secondary N) is 1. The minimum absolute atomic E-state index is 0.0707. The zero-order valence-corrected chi connectivity index (χ0v) is 12.0. The Hall–Kier alpha value is 0.270. The van der Waals surface area contributed by atoms with Crippen molar-refractivity contribution in [2.75, 3.05) is 24.7 Å². The van der Waals surface area contributed by atoms with Crippen molar-refractivity contribution in [3.63, 3.8) is 0 Å². The average molecular weight is 247 g/mol. The molecule has 0 rings (SSSR count). The van der Waals surface area contributed by atoms with Gasteiger partial charge in [-0.25, -0.2) is 0 Å². The van der Waals surface area contributed by atoms with Crippen LogP contribution in [0.15, 0.2) is 0 Å². The fourth-order valence-corrected chi connectivity index (χ4v) is 2.73. The SMILES string of the molecule is CCCCCSCCCC(C)(CO)NCC. The molecule has 16 heavy (non-hydrogen) atoms. The second kappa shape index (κ2) is 10.4. The van der Waals surface area contributed by atoms with Crippen molar-refractivity contribution in [1.29, 1.82) is 0 Å². The predicted molar refractivity (Wildman–Crippen MR) is 75.3 cm³/mol. The van der Waals surface area contributed by atoms with E-state index in [4.69, 9.17) is 0 Å². The lowest BCUT2D eigenvalue weighted by molar-refractivity contribution is 0.167. The Labute approximate surface area is 106 Å². The predicted octanol–water partition coefficient (Wildman–Crippen LogP) is 3.05. The molecule has 1 unspecified atom stereocenters. The summed E-state index contributed by atoms with van der Waals surface area (Å²) in [6, 6.07) is 0. The van der Waals surface area contributed by atoms with E-state index in [1.165, 1.54) is 37.2 Å². The minimum atomic E-state index is -0.0707. The number of hydrogen-bond acceptors (Lipinski definition) is 3. The smallest absolute Gasteiger partial charge is 0.0610 e. The van der Waals surface area contributed by atoms with Gasteiger partial charge in [0.25, 0.3) is 0 Å². The number of hydrogen-bond donors (Lipinski definition) is 2. The molecule has 0 bridgehead atoms. The van der Waals surface area contributed by atoms with Crippen LogP contribution in [0.5, 0.6) is 0 Å². The third kappa shape index (κ3) is 8.43. The quantitative estimate of drug-likeness (QED) is 0.550. The molecule has 0 aliphatic rings. The molecular weight excluding hydrogens is 218 g/mol. The molecule has 0 heterocycles. The summed E-state index contributed by atoms with van der Waals surface area (Å²) in [6.07, 6.45) is 6.28. The van der Waals surface area contributed by atoms with Crippen molar-refractivity contribution in [3.8, 4) is 0 Å².